The first-order valence-corrected chi connectivity index (χ1v) is 9.39. The Bertz CT molecular complexity index is 778. The Kier molecular flexibility index (Phi) is 6.57. The van der Waals surface area contributed by atoms with E-state index in [1.165, 1.54) is 17.8 Å². The number of hydrogen-bond donors (Lipinski definition) is 1. The summed E-state index contributed by atoms with van der Waals surface area (Å²) in [5, 5.41) is 2.93. The summed E-state index contributed by atoms with van der Waals surface area (Å²) < 4.78 is 28.9. The molecule has 0 atom stereocenters. The normalized spacial score (nSPS) is 16.7. The van der Waals surface area contributed by atoms with Crippen molar-refractivity contribution in [1.29, 1.82) is 0 Å². The van der Waals surface area contributed by atoms with Crippen molar-refractivity contribution in [3.63, 3.8) is 0 Å². The van der Waals surface area contributed by atoms with Crippen molar-refractivity contribution in [3.8, 4) is 5.88 Å². The second kappa shape index (κ2) is 9.10. The van der Waals surface area contributed by atoms with E-state index in [1.54, 1.807) is 6.07 Å². The van der Waals surface area contributed by atoms with Gasteiger partial charge < -0.3 is 10.1 Å². The molecule has 1 saturated heterocycles. The summed E-state index contributed by atoms with van der Waals surface area (Å²) in [7, 11) is 0. The van der Waals surface area contributed by atoms with Gasteiger partial charge in [-0.05, 0) is 43.1 Å². The molecule has 1 aromatic carbocycles. The number of likely N-dealkylation sites (tertiary alicyclic amines) is 1. The Morgan fingerprint density at radius 3 is 2.61 bits per heavy atom. The molecule has 0 bridgehead atoms. The van der Waals surface area contributed by atoms with E-state index >= 15 is 0 Å². The predicted octanol–water partition coefficient (Wildman–Crippen LogP) is 3.60. The molecule has 1 N–H and O–H groups in total. The highest BCUT2D eigenvalue weighted by Gasteiger charge is 2.36. The van der Waals surface area contributed by atoms with Crippen molar-refractivity contribution in [1.82, 2.24) is 15.2 Å². The maximum absolute atomic E-state index is 12.7. The van der Waals surface area contributed by atoms with Crippen molar-refractivity contribution in [2.75, 3.05) is 13.1 Å². The molecule has 5 nitrogen and oxygen atoms in total. The minimum Gasteiger partial charge on any atom is -0.417 e. The highest BCUT2D eigenvalue weighted by molar-refractivity contribution is 5.82. The van der Waals surface area contributed by atoms with Gasteiger partial charge in [-0.3, -0.25) is 9.69 Å². The van der Waals surface area contributed by atoms with Gasteiger partial charge in [-0.2, -0.15) is 8.78 Å². The number of hydrogen-bond acceptors (Lipinski definition) is 4. The van der Waals surface area contributed by atoms with Crippen molar-refractivity contribution in [3.05, 3.63) is 59.8 Å². The number of alkyl halides is 2. The minimum absolute atomic E-state index is 0.0139. The highest BCUT2D eigenvalue weighted by Crippen LogP contribution is 2.31. The molecule has 7 heteroatoms. The largest absolute Gasteiger partial charge is 0.417 e. The molecule has 1 aliphatic rings. The molecule has 150 valence electrons. The molecule has 28 heavy (non-hydrogen) atoms. The van der Waals surface area contributed by atoms with Gasteiger partial charge in [-0.15, -0.1) is 0 Å². The highest BCUT2D eigenvalue weighted by atomic mass is 19.3. The minimum atomic E-state index is -2.92. The van der Waals surface area contributed by atoms with Gasteiger partial charge in [0.05, 0.1) is 0 Å². The maximum Gasteiger partial charge on any atom is 0.388 e. The van der Waals surface area contributed by atoms with E-state index in [9.17, 15) is 13.6 Å². The first kappa shape index (κ1) is 20.2. The van der Waals surface area contributed by atoms with Crippen LogP contribution in [0.5, 0.6) is 5.88 Å². The number of carbonyl (C=O) groups excluding carboxylic acids is 1. The fourth-order valence-electron chi connectivity index (χ4n) is 3.39. The smallest absolute Gasteiger partial charge is 0.388 e. The lowest BCUT2D eigenvalue weighted by molar-refractivity contribution is -0.133. The Hall–Kier alpha value is -2.54. The molecular formula is C21H25F2N3O2. The van der Waals surface area contributed by atoms with Crippen LogP contribution in [0, 0.1) is 5.41 Å². The van der Waals surface area contributed by atoms with Crippen LogP contribution in [-0.4, -0.2) is 35.5 Å². The fraction of sp³-hybridized carbons (Fsp3) is 0.429. The third kappa shape index (κ3) is 5.48. The maximum atomic E-state index is 12.7. The van der Waals surface area contributed by atoms with Crippen LogP contribution in [0.25, 0.3) is 0 Å². The van der Waals surface area contributed by atoms with Gasteiger partial charge in [0, 0.05) is 30.8 Å². The van der Waals surface area contributed by atoms with Gasteiger partial charge in [0.15, 0.2) is 0 Å². The monoisotopic (exact) mass is 389 g/mol. The zero-order chi connectivity index (χ0) is 20.0. The molecule has 0 radical (unpaired) electrons. The van der Waals surface area contributed by atoms with Crippen molar-refractivity contribution < 1.29 is 18.3 Å². The summed E-state index contributed by atoms with van der Waals surface area (Å²) in [5.41, 5.74) is 1.52. The SMILES string of the molecule is CC1(C(=O)NCc2ccnc(OC(F)F)c2)CCN(Cc2ccccc2)CC1. The van der Waals surface area contributed by atoms with E-state index in [0.29, 0.717) is 5.56 Å². The molecule has 1 amide bonds. The number of ether oxygens (including phenoxy) is 1. The summed E-state index contributed by atoms with van der Waals surface area (Å²) in [5.74, 6) is -0.165. The number of amides is 1. The molecule has 0 unspecified atom stereocenters. The first-order valence-electron chi connectivity index (χ1n) is 9.39. The lowest BCUT2D eigenvalue weighted by Gasteiger charge is -2.38. The van der Waals surface area contributed by atoms with E-state index in [-0.39, 0.29) is 18.3 Å². The van der Waals surface area contributed by atoms with Gasteiger partial charge >= 0.3 is 6.61 Å². The number of carbonyl (C=O) groups is 1. The van der Waals surface area contributed by atoms with Gasteiger partial charge in [0.2, 0.25) is 11.8 Å². The Morgan fingerprint density at radius 2 is 1.93 bits per heavy atom. The van der Waals surface area contributed by atoms with E-state index < -0.39 is 12.0 Å². The molecule has 0 aliphatic carbocycles. The fourth-order valence-corrected chi connectivity index (χ4v) is 3.39. The van der Waals surface area contributed by atoms with E-state index in [1.807, 2.05) is 25.1 Å². The van der Waals surface area contributed by atoms with Crippen LogP contribution in [0.3, 0.4) is 0 Å². The van der Waals surface area contributed by atoms with Crippen LogP contribution in [0.1, 0.15) is 30.9 Å². The van der Waals surface area contributed by atoms with Gasteiger partial charge in [-0.1, -0.05) is 37.3 Å². The number of pyridine rings is 1. The van der Waals surface area contributed by atoms with Crippen LogP contribution in [0.15, 0.2) is 48.7 Å². The summed E-state index contributed by atoms with van der Waals surface area (Å²) in [6, 6.07) is 13.4. The summed E-state index contributed by atoms with van der Waals surface area (Å²) in [4.78, 5) is 18.8. The first-order chi connectivity index (χ1) is 13.4. The standard InChI is InChI=1S/C21H25F2N3O2/c1-21(8-11-26(12-9-21)15-16-5-3-2-4-6-16)19(27)25-14-17-7-10-24-18(13-17)28-20(22)23/h2-7,10,13,20H,8-9,11-12,14-15H2,1H3,(H,25,27). The summed E-state index contributed by atoms with van der Waals surface area (Å²) >= 11 is 0. The quantitative estimate of drug-likeness (QED) is 0.786. The zero-order valence-corrected chi connectivity index (χ0v) is 15.9. The van der Waals surface area contributed by atoms with Gasteiger partial charge in [-0.25, -0.2) is 4.98 Å². The number of benzene rings is 1. The average molecular weight is 389 g/mol. The molecule has 2 heterocycles. The van der Waals surface area contributed by atoms with Crippen molar-refractivity contribution >= 4 is 5.91 Å². The van der Waals surface area contributed by atoms with E-state index in [4.69, 9.17) is 0 Å². The van der Waals surface area contributed by atoms with Crippen molar-refractivity contribution in [2.24, 2.45) is 5.41 Å². The second-order valence-corrected chi connectivity index (χ2v) is 7.39. The topological polar surface area (TPSA) is 54.5 Å². The molecule has 0 spiro atoms. The van der Waals surface area contributed by atoms with Crippen molar-refractivity contribution in [2.45, 2.75) is 39.5 Å². The van der Waals surface area contributed by atoms with Crippen LogP contribution in [0.2, 0.25) is 0 Å². The van der Waals surface area contributed by atoms with Crippen LogP contribution < -0.4 is 10.1 Å². The zero-order valence-electron chi connectivity index (χ0n) is 15.9. The lowest BCUT2D eigenvalue weighted by atomic mass is 9.79. The second-order valence-electron chi connectivity index (χ2n) is 7.39. The predicted molar refractivity (Wildman–Crippen MR) is 102 cm³/mol. The molecule has 1 fully saturated rings. The van der Waals surface area contributed by atoms with E-state index in [2.05, 4.69) is 32.1 Å². The number of rotatable bonds is 7. The number of nitrogens with one attached hydrogen (secondary N) is 1. The van der Waals surface area contributed by atoms with Crippen LogP contribution in [-0.2, 0) is 17.9 Å². The lowest BCUT2D eigenvalue weighted by Crippen LogP contribution is -2.46. The molecule has 1 aromatic heterocycles. The summed E-state index contributed by atoms with van der Waals surface area (Å²) in [6.45, 7) is 1.94. The van der Waals surface area contributed by atoms with E-state index in [0.717, 1.165) is 32.5 Å². The number of halogens is 2. The Morgan fingerprint density at radius 1 is 1.21 bits per heavy atom. The molecule has 0 saturated carbocycles. The molecule has 3 rings (SSSR count). The van der Waals surface area contributed by atoms with Crippen LogP contribution >= 0.6 is 0 Å². The average Bonchev–Trinajstić information content (AvgIpc) is 2.68. The third-order valence-corrected chi connectivity index (χ3v) is 5.22. The number of nitrogens with zero attached hydrogens (tertiary/aromatic N) is 2. The third-order valence-electron chi connectivity index (χ3n) is 5.22. The Labute approximate surface area is 163 Å². The molecular weight excluding hydrogens is 364 g/mol. The number of aromatic nitrogens is 1. The van der Waals surface area contributed by atoms with Gasteiger partial charge in [0.25, 0.3) is 0 Å². The Balaban J connectivity index is 1.49. The summed E-state index contributed by atoms with van der Waals surface area (Å²) in [6.07, 6.45) is 2.95. The van der Waals surface area contributed by atoms with Crippen LogP contribution in [0.4, 0.5) is 8.78 Å². The molecule has 2 aromatic rings. The molecule has 1 aliphatic heterocycles. The van der Waals surface area contributed by atoms with Gasteiger partial charge in [0.1, 0.15) is 0 Å². The number of piperidine rings is 1.